The van der Waals surface area contributed by atoms with Crippen molar-refractivity contribution in [1.82, 2.24) is 5.32 Å². The minimum Gasteiger partial charge on any atom is -0.316 e. The van der Waals surface area contributed by atoms with E-state index in [4.69, 9.17) is 0 Å². The molecule has 2 aromatic rings. The largest absolute Gasteiger partial charge is 0.316 e. The molecular weight excluding hydrogens is 377 g/mol. The summed E-state index contributed by atoms with van der Waals surface area (Å²) in [7, 11) is 2.05. The fourth-order valence-electron chi connectivity index (χ4n) is 1.98. The van der Waals surface area contributed by atoms with Crippen LogP contribution in [0.5, 0.6) is 0 Å². The van der Waals surface area contributed by atoms with Gasteiger partial charge in [-0.25, -0.2) is 0 Å². The quantitative estimate of drug-likeness (QED) is 0.568. The van der Waals surface area contributed by atoms with Crippen LogP contribution in [-0.2, 0) is 6.42 Å². The summed E-state index contributed by atoms with van der Waals surface area (Å²) in [6.07, 6.45) is 1.08. The van der Waals surface area contributed by atoms with E-state index in [1.165, 1.54) is 19.6 Å². The molecule has 1 unspecified atom stereocenters. The monoisotopic (exact) mass is 397 g/mol. The second kappa shape index (κ2) is 8.05. The summed E-state index contributed by atoms with van der Waals surface area (Å²) in [6, 6.07) is 18.1. The Kier molecular flexibility index (Phi) is 6.39. The van der Waals surface area contributed by atoms with Gasteiger partial charge in [0.1, 0.15) is 0 Å². The van der Waals surface area contributed by atoms with E-state index in [9.17, 15) is 0 Å². The maximum Gasteiger partial charge on any atom is 0.0199 e. The molecule has 0 radical (unpaired) electrons. The summed E-state index contributed by atoms with van der Waals surface area (Å²) in [4.78, 5) is 1.35. The van der Waals surface area contributed by atoms with E-state index in [1.54, 1.807) is 0 Å². The molecule has 0 aliphatic rings. The normalized spacial score (nSPS) is 12.3. The molecule has 3 heteroatoms. The zero-order valence-corrected chi connectivity index (χ0v) is 14.9. The van der Waals surface area contributed by atoms with Gasteiger partial charge in [-0.3, -0.25) is 0 Å². The average Bonchev–Trinajstić information content (AvgIpc) is 2.47. The van der Waals surface area contributed by atoms with Gasteiger partial charge in [0.2, 0.25) is 0 Å². The van der Waals surface area contributed by atoms with Gasteiger partial charge in [-0.2, -0.15) is 0 Å². The van der Waals surface area contributed by atoms with Crippen molar-refractivity contribution in [3.05, 3.63) is 63.2 Å². The van der Waals surface area contributed by atoms with Crippen LogP contribution in [0.2, 0.25) is 0 Å². The minimum atomic E-state index is 0.501. The summed E-state index contributed by atoms with van der Waals surface area (Å²) < 4.78 is 1.29. The Morgan fingerprint density at radius 3 is 2.30 bits per heavy atom. The van der Waals surface area contributed by atoms with E-state index in [1.807, 2.05) is 18.8 Å². The smallest absolute Gasteiger partial charge is 0.0199 e. The molecule has 0 spiro atoms. The Morgan fingerprint density at radius 2 is 1.70 bits per heavy atom. The van der Waals surface area contributed by atoms with E-state index in [2.05, 4.69) is 83.4 Å². The number of halogens is 1. The first-order chi connectivity index (χ1) is 9.67. The number of benzene rings is 2. The Morgan fingerprint density at radius 1 is 1.05 bits per heavy atom. The third-order valence-corrected chi connectivity index (χ3v) is 5.17. The number of rotatable bonds is 6. The summed E-state index contributed by atoms with van der Waals surface area (Å²) in [6.45, 7) is 2.13. The van der Waals surface area contributed by atoms with Crippen molar-refractivity contribution >= 4 is 34.4 Å². The van der Waals surface area contributed by atoms with Gasteiger partial charge in [0, 0.05) is 20.3 Å². The standard InChI is InChI=1S/C17H20INS/c1-13-3-9-17(10-4-13)20-12-16(19-2)11-14-5-7-15(18)8-6-14/h3-10,16,19H,11-12H2,1-2H3. The predicted octanol–water partition coefficient (Wildman–Crippen LogP) is 4.52. The molecule has 2 rings (SSSR count). The van der Waals surface area contributed by atoms with E-state index in [0.717, 1.165) is 12.2 Å². The fourth-order valence-corrected chi connectivity index (χ4v) is 3.35. The van der Waals surface area contributed by atoms with Crippen LogP contribution in [0.4, 0.5) is 0 Å². The van der Waals surface area contributed by atoms with Crippen LogP contribution in [-0.4, -0.2) is 18.8 Å². The third kappa shape index (κ3) is 5.11. The highest BCUT2D eigenvalue weighted by atomic mass is 127. The summed E-state index contributed by atoms with van der Waals surface area (Å²) >= 11 is 4.27. The number of likely N-dealkylation sites (N-methyl/N-ethyl adjacent to an activating group) is 1. The summed E-state index contributed by atoms with van der Waals surface area (Å²) in [5.41, 5.74) is 2.72. The Labute approximate surface area is 139 Å². The lowest BCUT2D eigenvalue weighted by Gasteiger charge is -2.16. The SMILES string of the molecule is CNC(CSc1ccc(C)cc1)Cc1ccc(I)cc1. The average molecular weight is 397 g/mol. The van der Waals surface area contributed by atoms with Gasteiger partial charge >= 0.3 is 0 Å². The number of hydrogen-bond acceptors (Lipinski definition) is 2. The van der Waals surface area contributed by atoms with Gasteiger partial charge in [0.15, 0.2) is 0 Å². The molecule has 0 amide bonds. The first-order valence-electron chi connectivity index (χ1n) is 6.78. The number of nitrogens with one attached hydrogen (secondary N) is 1. The van der Waals surface area contributed by atoms with Gasteiger partial charge < -0.3 is 5.32 Å². The zero-order valence-electron chi connectivity index (χ0n) is 11.9. The Hall–Kier alpha value is -0.520. The fraction of sp³-hybridized carbons (Fsp3) is 0.294. The van der Waals surface area contributed by atoms with Gasteiger partial charge in [-0.1, -0.05) is 29.8 Å². The van der Waals surface area contributed by atoms with Crippen LogP contribution in [0, 0.1) is 10.5 Å². The molecular formula is C17H20INS. The van der Waals surface area contributed by atoms with Gasteiger partial charge in [0.25, 0.3) is 0 Å². The molecule has 0 aliphatic heterocycles. The molecule has 0 heterocycles. The maximum atomic E-state index is 3.42. The lowest BCUT2D eigenvalue weighted by Crippen LogP contribution is -2.30. The lowest BCUT2D eigenvalue weighted by atomic mass is 10.1. The molecule has 1 atom stereocenters. The first kappa shape index (κ1) is 15.9. The predicted molar refractivity (Wildman–Crippen MR) is 97.6 cm³/mol. The molecule has 0 aliphatic carbocycles. The molecule has 1 N–H and O–H groups in total. The van der Waals surface area contributed by atoms with Crippen molar-refractivity contribution < 1.29 is 0 Å². The van der Waals surface area contributed by atoms with Gasteiger partial charge in [-0.05, 0) is 72.8 Å². The van der Waals surface area contributed by atoms with E-state index >= 15 is 0 Å². The molecule has 0 aromatic heterocycles. The molecule has 0 bridgehead atoms. The highest BCUT2D eigenvalue weighted by molar-refractivity contribution is 14.1. The molecule has 0 fully saturated rings. The van der Waals surface area contributed by atoms with Crippen LogP contribution in [0.1, 0.15) is 11.1 Å². The molecule has 0 saturated heterocycles. The zero-order chi connectivity index (χ0) is 14.4. The maximum absolute atomic E-state index is 3.42. The number of aryl methyl sites for hydroxylation is 1. The Bertz CT molecular complexity index is 522. The van der Waals surface area contributed by atoms with E-state index in [-0.39, 0.29) is 0 Å². The number of hydrogen-bond donors (Lipinski definition) is 1. The van der Waals surface area contributed by atoms with Crippen molar-refractivity contribution in [2.45, 2.75) is 24.3 Å². The van der Waals surface area contributed by atoms with Crippen LogP contribution in [0.3, 0.4) is 0 Å². The van der Waals surface area contributed by atoms with Crippen molar-refractivity contribution in [1.29, 1.82) is 0 Å². The van der Waals surface area contributed by atoms with Crippen molar-refractivity contribution in [2.75, 3.05) is 12.8 Å². The molecule has 106 valence electrons. The molecule has 1 nitrogen and oxygen atoms in total. The van der Waals surface area contributed by atoms with Crippen LogP contribution >= 0.6 is 34.4 Å². The van der Waals surface area contributed by atoms with Crippen LogP contribution in [0.15, 0.2) is 53.4 Å². The summed E-state index contributed by atoms with van der Waals surface area (Å²) in [5.74, 6) is 1.09. The third-order valence-electron chi connectivity index (χ3n) is 3.28. The van der Waals surface area contributed by atoms with Crippen molar-refractivity contribution in [2.24, 2.45) is 0 Å². The molecule has 0 saturated carbocycles. The van der Waals surface area contributed by atoms with Crippen LogP contribution < -0.4 is 5.32 Å². The summed E-state index contributed by atoms with van der Waals surface area (Å²) in [5, 5.41) is 3.42. The van der Waals surface area contributed by atoms with E-state index in [0.29, 0.717) is 6.04 Å². The van der Waals surface area contributed by atoms with Crippen LogP contribution in [0.25, 0.3) is 0 Å². The van der Waals surface area contributed by atoms with Gasteiger partial charge in [-0.15, -0.1) is 11.8 Å². The van der Waals surface area contributed by atoms with Gasteiger partial charge in [0.05, 0.1) is 0 Å². The lowest BCUT2D eigenvalue weighted by molar-refractivity contribution is 0.617. The second-order valence-corrected chi connectivity index (χ2v) is 7.28. The minimum absolute atomic E-state index is 0.501. The number of thioether (sulfide) groups is 1. The Balaban J connectivity index is 1.88. The van der Waals surface area contributed by atoms with Crippen molar-refractivity contribution in [3.63, 3.8) is 0 Å². The van der Waals surface area contributed by atoms with Crippen molar-refractivity contribution in [3.8, 4) is 0 Å². The topological polar surface area (TPSA) is 12.0 Å². The highest BCUT2D eigenvalue weighted by Gasteiger charge is 2.08. The first-order valence-corrected chi connectivity index (χ1v) is 8.85. The molecule has 20 heavy (non-hydrogen) atoms. The highest BCUT2D eigenvalue weighted by Crippen LogP contribution is 2.20. The second-order valence-electron chi connectivity index (χ2n) is 4.94. The molecule has 2 aromatic carbocycles. The van der Waals surface area contributed by atoms with E-state index < -0.39 is 0 Å².